The molecule has 0 aliphatic carbocycles. The van der Waals surface area contributed by atoms with Crippen LogP contribution in [-0.2, 0) is 13.1 Å². The minimum absolute atomic E-state index is 0.316. The lowest BCUT2D eigenvalue weighted by atomic mass is 9.90. The van der Waals surface area contributed by atoms with Crippen molar-refractivity contribution in [2.45, 2.75) is 25.9 Å². The van der Waals surface area contributed by atoms with Crippen molar-refractivity contribution in [3.8, 4) is 11.5 Å². The van der Waals surface area contributed by atoms with Gasteiger partial charge in [-0.05, 0) is 23.3 Å². The first-order valence-electron chi connectivity index (χ1n) is 9.85. The first kappa shape index (κ1) is 20.0. The summed E-state index contributed by atoms with van der Waals surface area (Å²) in [5.74, 6) is 4.02. The highest BCUT2D eigenvalue weighted by atomic mass is 32.1. The smallest absolute Gasteiger partial charge is 0.142 e. The van der Waals surface area contributed by atoms with Crippen molar-refractivity contribution < 1.29 is 9.47 Å². The molecule has 0 unspecified atom stereocenters. The number of hydrogen-bond acceptors (Lipinski definition) is 6. The molecule has 0 bridgehead atoms. The molecule has 0 saturated heterocycles. The molecule has 4 rings (SSSR count). The molecule has 28 heavy (non-hydrogen) atoms. The van der Waals surface area contributed by atoms with Crippen molar-refractivity contribution in [1.29, 1.82) is 0 Å². The molecular weight excluding hydrogens is 388 g/mol. The molecule has 2 aromatic carbocycles. The fraction of sp³-hybridized carbons (Fsp3) is 0.455. The molecule has 0 atom stereocenters. The molecule has 2 aromatic rings. The summed E-state index contributed by atoms with van der Waals surface area (Å²) >= 11 is 8.69. The van der Waals surface area contributed by atoms with E-state index < -0.39 is 0 Å². The van der Waals surface area contributed by atoms with Gasteiger partial charge in [-0.3, -0.25) is 9.80 Å². The Kier molecular flexibility index (Phi) is 6.41. The van der Waals surface area contributed by atoms with E-state index in [1.165, 1.54) is 22.3 Å². The third kappa shape index (κ3) is 4.30. The summed E-state index contributed by atoms with van der Waals surface area (Å²) in [6.07, 6.45) is 0. The molecule has 0 fully saturated rings. The normalized spacial score (nSPS) is 17.0. The van der Waals surface area contributed by atoms with Crippen molar-refractivity contribution >= 4 is 25.3 Å². The van der Waals surface area contributed by atoms with Crippen LogP contribution in [0.2, 0.25) is 0 Å². The van der Waals surface area contributed by atoms with Gasteiger partial charge in [0.2, 0.25) is 0 Å². The number of benzene rings is 2. The maximum Gasteiger partial charge on any atom is 0.142 e. The lowest BCUT2D eigenvalue weighted by Gasteiger charge is -2.30. The molecule has 6 heteroatoms. The highest BCUT2D eigenvalue weighted by Crippen LogP contribution is 2.34. The Morgan fingerprint density at radius 3 is 1.71 bits per heavy atom. The van der Waals surface area contributed by atoms with Gasteiger partial charge >= 0.3 is 0 Å². The SMILES string of the molecule is CC(c1ccc2c(c1)CN(CCS)CO2)c1ccc2c(c1)CN(CCS)CO2. The predicted octanol–water partition coefficient (Wildman–Crippen LogP) is 4.00. The molecule has 150 valence electrons. The third-order valence-corrected chi connectivity index (χ3v) is 5.99. The van der Waals surface area contributed by atoms with Gasteiger partial charge in [0.05, 0.1) is 0 Å². The fourth-order valence-corrected chi connectivity index (χ4v) is 4.49. The minimum atomic E-state index is 0.316. The Morgan fingerprint density at radius 2 is 1.29 bits per heavy atom. The van der Waals surface area contributed by atoms with Crippen molar-refractivity contribution in [3.63, 3.8) is 0 Å². The zero-order valence-corrected chi connectivity index (χ0v) is 18.1. The van der Waals surface area contributed by atoms with E-state index in [4.69, 9.17) is 9.47 Å². The van der Waals surface area contributed by atoms with E-state index >= 15 is 0 Å². The van der Waals surface area contributed by atoms with Crippen LogP contribution in [0.4, 0.5) is 0 Å². The van der Waals surface area contributed by atoms with Crippen molar-refractivity contribution in [3.05, 3.63) is 58.7 Å². The lowest BCUT2D eigenvalue weighted by molar-refractivity contribution is 0.102. The Labute approximate surface area is 178 Å². The molecule has 2 aliphatic rings. The van der Waals surface area contributed by atoms with Crippen LogP contribution in [-0.4, -0.2) is 47.9 Å². The highest BCUT2D eigenvalue weighted by Gasteiger charge is 2.21. The average molecular weight is 417 g/mol. The van der Waals surface area contributed by atoms with Crippen molar-refractivity contribution in [2.75, 3.05) is 38.1 Å². The summed E-state index contributed by atoms with van der Waals surface area (Å²) in [7, 11) is 0. The highest BCUT2D eigenvalue weighted by molar-refractivity contribution is 7.80. The number of nitrogens with zero attached hydrogens (tertiary/aromatic N) is 2. The van der Waals surface area contributed by atoms with E-state index in [1.54, 1.807) is 0 Å². The zero-order chi connectivity index (χ0) is 19.5. The molecule has 0 aromatic heterocycles. The van der Waals surface area contributed by atoms with Crippen molar-refractivity contribution in [1.82, 2.24) is 9.80 Å². The topological polar surface area (TPSA) is 24.9 Å². The Morgan fingerprint density at radius 1 is 0.821 bits per heavy atom. The minimum Gasteiger partial charge on any atom is -0.478 e. The Balaban J connectivity index is 1.54. The monoisotopic (exact) mass is 416 g/mol. The zero-order valence-electron chi connectivity index (χ0n) is 16.3. The van der Waals surface area contributed by atoms with Crippen LogP contribution >= 0.6 is 25.3 Å². The van der Waals surface area contributed by atoms with Gasteiger partial charge in [-0.25, -0.2) is 0 Å². The molecule has 4 nitrogen and oxygen atoms in total. The first-order chi connectivity index (χ1) is 13.7. The Bertz CT molecular complexity index is 763. The van der Waals surface area contributed by atoms with Crippen LogP contribution in [0.3, 0.4) is 0 Å². The van der Waals surface area contributed by atoms with Crippen LogP contribution in [0.15, 0.2) is 36.4 Å². The van der Waals surface area contributed by atoms with Gasteiger partial charge in [0, 0.05) is 54.7 Å². The molecule has 2 aliphatic heterocycles. The number of hydrogen-bond donors (Lipinski definition) is 2. The maximum atomic E-state index is 5.90. The van der Waals surface area contributed by atoms with E-state index in [0.717, 1.165) is 49.2 Å². The summed E-state index contributed by atoms with van der Waals surface area (Å²) in [5, 5.41) is 0. The van der Waals surface area contributed by atoms with Crippen LogP contribution in [0.1, 0.15) is 35.1 Å². The quantitative estimate of drug-likeness (QED) is 0.696. The number of thiol groups is 2. The van der Waals surface area contributed by atoms with Gasteiger partial charge in [0.25, 0.3) is 0 Å². The second-order valence-corrected chi connectivity index (χ2v) is 8.45. The summed E-state index contributed by atoms with van der Waals surface area (Å²) in [6.45, 7) is 7.30. The number of rotatable bonds is 6. The predicted molar refractivity (Wildman–Crippen MR) is 120 cm³/mol. The summed E-state index contributed by atoms with van der Waals surface area (Å²) < 4.78 is 11.8. The van der Waals surface area contributed by atoms with Gasteiger partial charge in [-0.1, -0.05) is 31.2 Å². The van der Waals surface area contributed by atoms with Gasteiger partial charge in [0.15, 0.2) is 0 Å². The van der Waals surface area contributed by atoms with Gasteiger partial charge in [-0.15, -0.1) is 0 Å². The molecule has 0 amide bonds. The van der Waals surface area contributed by atoms with Gasteiger partial charge in [-0.2, -0.15) is 25.3 Å². The molecule has 0 N–H and O–H groups in total. The van der Waals surface area contributed by atoms with Crippen LogP contribution in [0, 0.1) is 0 Å². The summed E-state index contributed by atoms with van der Waals surface area (Å²) in [5.41, 5.74) is 5.16. The van der Waals surface area contributed by atoms with Gasteiger partial charge in [0.1, 0.15) is 25.0 Å². The van der Waals surface area contributed by atoms with E-state index in [-0.39, 0.29) is 0 Å². The van der Waals surface area contributed by atoms with Gasteiger partial charge < -0.3 is 9.47 Å². The van der Waals surface area contributed by atoms with E-state index in [9.17, 15) is 0 Å². The largest absolute Gasteiger partial charge is 0.478 e. The second-order valence-electron chi connectivity index (χ2n) is 7.56. The number of ether oxygens (including phenoxy) is 2. The lowest BCUT2D eigenvalue weighted by Crippen LogP contribution is -2.33. The second kappa shape index (κ2) is 8.99. The fourth-order valence-electron chi connectivity index (χ4n) is 3.92. The standard InChI is InChI=1S/C22H28N2O2S2/c1-16(17-2-4-21-19(10-17)12-23(6-8-27)14-25-21)18-3-5-22-20(11-18)13-24(7-9-28)15-26-22/h2-5,10-11,16,27-28H,6-9,12-15H2,1H3. The van der Waals surface area contributed by atoms with Crippen LogP contribution in [0.25, 0.3) is 0 Å². The van der Waals surface area contributed by atoms with Crippen LogP contribution < -0.4 is 9.47 Å². The first-order valence-corrected chi connectivity index (χ1v) is 11.1. The average Bonchev–Trinajstić information content (AvgIpc) is 2.72. The molecular formula is C22H28N2O2S2. The maximum absolute atomic E-state index is 5.90. The van der Waals surface area contributed by atoms with E-state index in [1.807, 2.05) is 0 Å². The molecule has 0 radical (unpaired) electrons. The number of fused-ring (bicyclic) bond motifs is 2. The summed E-state index contributed by atoms with van der Waals surface area (Å²) in [6, 6.07) is 13.2. The Hall–Kier alpha value is -1.34. The van der Waals surface area contributed by atoms with E-state index in [0.29, 0.717) is 19.4 Å². The molecule has 2 heterocycles. The molecule has 0 saturated carbocycles. The van der Waals surface area contributed by atoms with Crippen molar-refractivity contribution in [2.24, 2.45) is 0 Å². The van der Waals surface area contributed by atoms with Crippen LogP contribution in [0.5, 0.6) is 11.5 Å². The van der Waals surface area contributed by atoms with E-state index in [2.05, 4.69) is 78.4 Å². The third-order valence-electron chi connectivity index (χ3n) is 5.59. The molecule has 0 spiro atoms. The summed E-state index contributed by atoms with van der Waals surface area (Å²) in [4.78, 5) is 4.58.